The number of hydrogen-bond acceptors (Lipinski definition) is 7. The van der Waals surface area contributed by atoms with Crippen molar-refractivity contribution < 1.29 is 23.1 Å². The van der Waals surface area contributed by atoms with Gasteiger partial charge in [0.15, 0.2) is 23.9 Å². The number of fused-ring (bicyclic) bond motifs is 2. The Morgan fingerprint density at radius 2 is 1.84 bits per heavy atom. The summed E-state index contributed by atoms with van der Waals surface area (Å²) in [5.41, 5.74) is 1.67. The molecule has 2 heterocycles. The average molecular weight is 597 g/mol. The van der Waals surface area contributed by atoms with Crippen LogP contribution < -0.4 is 20.3 Å². The van der Waals surface area contributed by atoms with E-state index in [9.17, 15) is 14.0 Å². The molecule has 1 N–H and O–H groups in total. The summed E-state index contributed by atoms with van der Waals surface area (Å²) in [7, 11) is 1.43. The third-order valence-corrected chi connectivity index (χ3v) is 6.73. The lowest BCUT2D eigenvalue weighted by atomic mass is 10.2. The van der Waals surface area contributed by atoms with Crippen molar-refractivity contribution in [3.63, 3.8) is 0 Å². The Kier molecular flexibility index (Phi) is 7.59. The van der Waals surface area contributed by atoms with E-state index >= 15 is 0 Å². The van der Waals surface area contributed by atoms with Crippen LogP contribution in [0.3, 0.4) is 0 Å². The van der Waals surface area contributed by atoms with Gasteiger partial charge in [-0.2, -0.15) is 9.78 Å². The zero-order valence-electron chi connectivity index (χ0n) is 22.6. The van der Waals surface area contributed by atoms with E-state index in [4.69, 9.17) is 25.5 Å². The Morgan fingerprint density at radius 1 is 1.07 bits per heavy atom. The fraction of sp³-hybridized carbons (Fsp3) is 0.0625. The van der Waals surface area contributed by atoms with E-state index in [0.717, 1.165) is 5.39 Å². The molecular weight excluding hydrogens is 575 g/mol. The first-order valence-electron chi connectivity index (χ1n) is 13.0. The predicted molar refractivity (Wildman–Crippen MR) is 163 cm³/mol. The lowest BCUT2D eigenvalue weighted by molar-refractivity contribution is -0.118. The monoisotopic (exact) mass is 596 g/mol. The highest BCUT2D eigenvalue weighted by atomic mass is 35.5. The van der Waals surface area contributed by atoms with Gasteiger partial charge in [-0.25, -0.2) is 9.37 Å². The maximum absolute atomic E-state index is 13.5. The van der Waals surface area contributed by atoms with Gasteiger partial charge in [0.1, 0.15) is 11.4 Å². The highest BCUT2D eigenvalue weighted by Gasteiger charge is 2.17. The van der Waals surface area contributed by atoms with Gasteiger partial charge in [0.25, 0.3) is 11.5 Å². The highest BCUT2D eigenvalue weighted by molar-refractivity contribution is 6.32. The summed E-state index contributed by atoms with van der Waals surface area (Å²) in [4.78, 5) is 30.6. The molecule has 0 radical (unpaired) electrons. The van der Waals surface area contributed by atoms with Crippen molar-refractivity contribution >= 4 is 51.3 Å². The van der Waals surface area contributed by atoms with Gasteiger partial charge >= 0.3 is 0 Å². The molecule has 0 saturated heterocycles. The molecule has 1 amide bonds. The van der Waals surface area contributed by atoms with Crippen molar-refractivity contribution in [1.82, 2.24) is 9.66 Å². The van der Waals surface area contributed by atoms with E-state index in [1.165, 1.54) is 42.3 Å². The van der Waals surface area contributed by atoms with Gasteiger partial charge in [-0.3, -0.25) is 9.59 Å². The van der Waals surface area contributed by atoms with Crippen LogP contribution in [0.15, 0.2) is 105 Å². The molecule has 9 nitrogen and oxygen atoms in total. The molecule has 6 rings (SSSR count). The number of benzene rings is 4. The molecule has 0 atom stereocenters. The quantitative estimate of drug-likeness (QED) is 0.201. The van der Waals surface area contributed by atoms with Crippen molar-refractivity contribution in [3.8, 4) is 23.1 Å². The number of methoxy groups -OCH3 is 1. The molecule has 0 spiro atoms. The van der Waals surface area contributed by atoms with Gasteiger partial charge in [0.2, 0.25) is 5.82 Å². The lowest BCUT2D eigenvalue weighted by Gasteiger charge is -2.13. The van der Waals surface area contributed by atoms with Crippen LogP contribution in [0.5, 0.6) is 11.5 Å². The van der Waals surface area contributed by atoms with Gasteiger partial charge in [0, 0.05) is 11.1 Å². The second-order valence-corrected chi connectivity index (χ2v) is 9.75. The second kappa shape index (κ2) is 11.8. The smallest absolute Gasteiger partial charge is 0.282 e. The van der Waals surface area contributed by atoms with Crippen LogP contribution >= 0.6 is 11.6 Å². The minimum absolute atomic E-state index is 0.142. The van der Waals surface area contributed by atoms with Crippen molar-refractivity contribution in [2.24, 2.45) is 5.10 Å². The number of ether oxygens (including phenoxy) is 2. The maximum Gasteiger partial charge on any atom is 0.282 e. The first-order valence-corrected chi connectivity index (χ1v) is 13.4. The zero-order chi connectivity index (χ0) is 29.9. The Balaban J connectivity index is 1.30. The Labute approximate surface area is 248 Å². The number of aromatic nitrogens is 2. The van der Waals surface area contributed by atoms with Crippen molar-refractivity contribution in [3.05, 3.63) is 118 Å². The number of carbonyl (C=O) groups is 1. The molecule has 0 aliphatic carbocycles. The number of furan rings is 1. The van der Waals surface area contributed by atoms with E-state index in [1.807, 2.05) is 24.3 Å². The summed E-state index contributed by atoms with van der Waals surface area (Å²) >= 11 is 6.50. The molecule has 6 aromatic rings. The number of hydrogen-bond donors (Lipinski definition) is 1. The molecule has 214 valence electrons. The predicted octanol–water partition coefficient (Wildman–Crippen LogP) is 6.51. The van der Waals surface area contributed by atoms with Crippen LogP contribution in [0, 0.1) is 5.82 Å². The van der Waals surface area contributed by atoms with Gasteiger partial charge in [-0.1, -0.05) is 41.9 Å². The van der Waals surface area contributed by atoms with Crippen LogP contribution in [0.1, 0.15) is 5.56 Å². The number of carbonyl (C=O) groups excluding carboxylic acids is 1. The molecule has 11 heteroatoms. The van der Waals surface area contributed by atoms with E-state index < -0.39 is 11.7 Å². The summed E-state index contributed by atoms with van der Waals surface area (Å²) in [5, 5.41) is 8.46. The van der Waals surface area contributed by atoms with E-state index in [1.54, 1.807) is 42.5 Å². The van der Waals surface area contributed by atoms with Crippen LogP contribution in [0.25, 0.3) is 33.5 Å². The average Bonchev–Trinajstić information content (AvgIpc) is 3.45. The van der Waals surface area contributed by atoms with Crippen LogP contribution in [0.4, 0.5) is 10.1 Å². The molecule has 43 heavy (non-hydrogen) atoms. The maximum atomic E-state index is 13.5. The third kappa shape index (κ3) is 5.81. The molecule has 0 bridgehead atoms. The lowest BCUT2D eigenvalue weighted by Crippen LogP contribution is -2.20. The number of amides is 1. The fourth-order valence-corrected chi connectivity index (χ4v) is 4.70. The largest absolute Gasteiger partial charge is 0.493 e. The minimum atomic E-state index is -0.475. The van der Waals surface area contributed by atoms with Crippen molar-refractivity contribution in [1.29, 1.82) is 0 Å². The highest BCUT2D eigenvalue weighted by Crippen LogP contribution is 2.36. The molecule has 0 fully saturated rings. The van der Waals surface area contributed by atoms with Crippen LogP contribution in [-0.4, -0.2) is 35.5 Å². The Bertz CT molecular complexity index is 2040. The standard InChI is InChI=1S/C32H22ClFN4O5/c1-41-27-15-19(14-24(33)30(27)42-18-29(39)36-22-12-10-21(34)11-13-22)17-35-38-31(28-16-20-6-2-5-9-26(20)43-28)37-25-8-4-3-7-23(25)32(38)40/h2-17H,18H2,1H3,(H,36,39). The molecule has 4 aromatic carbocycles. The summed E-state index contributed by atoms with van der Waals surface area (Å²) in [6.07, 6.45) is 1.43. The van der Waals surface area contributed by atoms with Gasteiger partial charge in [-0.05, 0) is 66.2 Å². The summed E-state index contributed by atoms with van der Waals surface area (Å²) in [5.74, 6) is 0.0903. The van der Waals surface area contributed by atoms with Crippen molar-refractivity contribution in [2.75, 3.05) is 19.0 Å². The summed E-state index contributed by atoms with van der Waals surface area (Å²) in [6.45, 7) is -0.375. The molecular formula is C32H22ClFN4O5. The Hall–Kier alpha value is -5.48. The molecule has 0 saturated carbocycles. The van der Waals surface area contributed by atoms with Gasteiger partial charge in [0.05, 0.1) is 29.2 Å². The van der Waals surface area contributed by atoms with E-state index in [0.29, 0.717) is 33.5 Å². The molecule has 0 aliphatic rings. The van der Waals surface area contributed by atoms with Gasteiger partial charge < -0.3 is 19.2 Å². The molecule has 0 unspecified atom stereocenters. The molecule has 0 aliphatic heterocycles. The number of rotatable bonds is 8. The van der Waals surface area contributed by atoms with Gasteiger partial charge in [-0.15, -0.1) is 0 Å². The number of para-hydroxylation sites is 2. The number of nitrogens with zero attached hydrogens (tertiary/aromatic N) is 3. The first kappa shape index (κ1) is 27.7. The zero-order valence-corrected chi connectivity index (χ0v) is 23.3. The van der Waals surface area contributed by atoms with Crippen LogP contribution in [0.2, 0.25) is 5.02 Å². The third-order valence-electron chi connectivity index (χ3n) is 6.45. The SMILES string of the molecule is COc1cc(C=Nn2c(-c3cc4ccccc4o3)nc3ccccc3c2=O)cc(Cl)c1OCC(=O)Nc1ccc(F)cc1. The Morgan fingerprint density at radius 3 is 2.63 bits per heavy atom. The van der Waals surface area contributed by atoms with Crippen molar-refractivity contribution in [2.45, 2.75) is 0 Å². The van der Waals surface area contributed by atoms with E-state index in [-0.39, 0.29) is 34.5 Å². The summed E-state index contributed by atoms with van der Waals surface area (Å²) in [6, 6.07) is 24.8. The second-order valence-electron chi connectivity index (χ2n) is 9.34. The number of anilines is 1. The fourth-order valence-electron chi connectivity index (χ4n) is 4.43. The first-order chi connectivity index (χ1) is 20.9. The normalized spacial score (nSPS) is 11.3. The van der Waals surface area contributed by atoms with E-state index in [2.05, 4.69) is 15.4 Å². The van der Waals surface area contributed by atoms with Crippen LogP contribution in [-0.2, 0) is 4.79 Å². The minimum Gasteiger partial charge on any atom is -0.493 e. The molecule has 2 aromatic heterocycles. The number of halogens is 2. The topological polar surface area (TPSA) is 108 Å². The number of nitrogens with one attached hydrogen (secondary N) is 1. The summed E-state index contributed by atoms with van der Waals surface area (Å²) < 4.78 is 31.4.